The van der Waals surface area contributed by atoms with E-state index in [9.17, 15) is 0 Å². The van der Waals surface area contributed by atoms with Crippen molar-refractivity contribution in [2.75, 3.05) is 6.54 Å². The zero-order valence-corrected chi connectivity index (χ0v) is 12.3. The summed E-state index contributed by atoms with van der Waals surface area (Å²) < 4.78 is 5.98. The van der Waals surface area contributed by atoms with Gasteiger partial charge in [-0.15, -0.1) is 0 Å². The lowest BCUT2D eigenvalue weighted by Gasteiger charge is -1.98. The van der Waals surface area contributed by atoms with Crippen LogP contribution < -0.4 is 5.32 Å². The van der Waals surface area contributed by atoms with E-state index in [1.807, 2.05) is 12.1 Å². The van der Waals surface area contributed by atoms with Crippen molar-refractivity contribution >= 4 is 27.5 Å². The van der Waals surface area contributed by atoms with Gasteiger partial charge in [0.05, 0.1) is 11.6 Å². The van der Waals surface area contributed by atoms with Gasteiger partial charge in [-0.1, -0.05) is 23.7 Å². The molecule has 0 amide bonds. The summed E-state index contributed by atoms with van der Waals surface area (Å²) >= 11 is 9.31. The Morgan fingerprint density at radius 1 is 1.44 bits per heavy atom. The fraction of sp³-hybridized carbons (Fsp3) is 0.333. The highest BCUT2D eigenvalue weighted by atomic mass is 79.9. The van der Waals surface area contributed by atoms with Gasteiger partial charge in [-0.05, 0) is 47.1 Å². The zero-order valence-electron chi connectivity index (χ0n) is 9.91. The van der Waals surface area contributed by atoms with Crippen LogP contribution in [0.5, 0.6) is 0 Å². The van der Waals surface area contributed by atoms with Crippen LogP contribution in [0, 0.1) is 0 Å². The predicted molar refractivity (Wildman–Crippen MR) is 74.4 cm³/mol. The first-order valence-corrected chi connectivity index (χ1v) is 6.86. The van der Waals surface area contributed by atoms with Gasteiger partial charge in [0, 0.05) is 10.0 Å². The normalized spacial score (nSPS) is 10.8. The SMILES string of the molecule is CCCNCc1nc(-c2ccc(Cl)c(Br)c2)no1. The molecule has 18 heavy (non-hydrogen) atoms. The van der Waals surface area contributed by atoms with Gasteiger partial charge in [0.2, 0.25) is 11.7 Å². The summed E-state index contributed by atoms with van der Waals surface area (Å²) in [5, 5.41) is 7.82. The number of hydrogen-bond donors (Lipinski definition) is 1. The van der Waals surface area contributed by atoms with Gasteiger partial charge < -0.3 is 9.84 Å². The first kappa shape index (κ1) is 13.5. The number of halogens is 2. The lowest BCUT2D eigenvalue weighted by Crippen LogP contribution is -2.13. The second-order valence-electron chi connectivity index (χ2n) is 3.82. The standard InChI is InChI=1S/C12H13BrClN3O/c1-2-5-15-7-11-16-12(17-18-11)8-3-4-10(14)9(13)6-8/h3-4,6,15H,2,5,7H2,1H3. The third-order valence-corrected chi connectivity index (χ3v) is 3.56. The Labute approximate surface area is 119 Å². The van der Waals surface area contributed by atoms with Gasteiger partial charge in [0.15, 0.2) is 0 Å². The van der Waals surface area contributed by atoms with Crippen LogP contribution in [-0.2, 0) is 6.54 Å². The molecule has 0 aliphatic heterocycles. The maximum absolute atomic E-state index is 5.94. The molecule has 0 spiro atoms. The van der Waals surface area contributed by atoms with Crippen molar-refractivity contribution in [3.8, 4) is 11.4 Å². The number of benzene rings is 1. The number of rotatable bonds is 5. The third kappa shape index (κ3) is 3.31. The fourth-order valence-electron chi connectivity index (χ4n) is 1.45. The van der Waals surface area contributed by atoms with Crippen molar-refractivity contribution in [2.45, 2.75) is 19.9 Å². The van der Waals surface area contributed by atoms with Crippen molar-refractivity contribution in [2.24, 2.45) is 0 Å². The first-order valence-electron chi connectivity index (χ1n) is 5.69. The minimum Gasteiger partial charge on any atom is -0.338 e. The molecule has 0 radical (unpaired) electrons. The summed E-state index contributed by atoms with van der Waals surface area (Å²) in [5.41, 5.74) is 0.872. The van der Waals surface area contributed by atoms with E-state index < -0.39 is 0 Å². The van der Waals surface area contributed by atoms with Gasteiger partial charge in [0.1, 0.15) is 0 Å². The Morgan fingerprint density at radius 2 is 2.28 bits per heavy atom. The summed E-state index contributed by atoms with van der Waals surface area (Å²) in [6, 6.07) is 5.53. The van der Waals surface area contributed by atoms with Crippen molar-refractivity contribution in [3.05, 3.63) is 33.6 Å². The maximum Gasteiger partial charge on any atom is 0.240 e. The smallest absolute Gasteiger partial charge is 0.240 e. The van der Waals surface area contributed by atoms with Crippen molar-refractivity contribution in [3.63, 3.8) is 0 Å². The van der Waals surface area contributed by atoms with Crippen LogP contribution in [-0.4, -0.2) is 16.7 Å². The summed E-state index contributed by atoms with van der Waals surface area (Å²) in [5.74, 6) is 1.16. The second-order valence-corrected chi connectivity index (χ2v) is 5.08. The van der Waals surface area contributed by atoms with Gasteiger partial charge in [-0.25, -0.2) is 0 Å². The summed E-state index contributed by atoms with van der Waals surface area (Å²) in [6.45, 7) is 3.64. The average Bonchev–Trinajstić information content (AvgIpc) is 2.82. The van der Waals surface area contributed by atoms with Crippen molar-refractivity contribution in [1.82, 2.24) is 15.5 Å². The lowest BCUT2D eigenvalue weighted by atomic mass is 10.2. The quantitative estimate of drug-likeness (QED) is 0.850. The van der Waals surface area contributed by atoms with E-state index in [1.165, 1.54) is 0 Å². The van der Waals surface area contributed by atoms with Crippen LogP contribution in [0.4, 0.5) is 0 Å². The number of aromatic nitrogens is 2. The van der Waals surface area contributed by atoms with E-state index in [2.05, 4.69) is 38.3 Å². The molecule has 1 aromatic carbocycles. The largest absolute Gasteiger partial charge is 0.338 e. The Hall–Kier alpha value is -0.910. The molecule has 1 aromatic heterocycles. The molecular weight excluding hydrogens is 318 g/mol. The van der Waals surface area contributed by atoms with Gasteiger partial charge in [-0.3, -0.25) is 0 Å². The zero-order chi connectivity index (χ0) is 13.0. The summed E-state index contributed by atoms with van der Waals surface area (Å²) in [6.07, 6.45) is 1.07. The molecule has 4 nitrogen and oxygen atoms in total. The molecule has 0 bridgehead atoms. The number of nitrogens with one attached hydrogen (secondary N) is 1. The predicted octanol–water partition coefficient (Wildman–Crippen LogP) is 3.65. The van der Waals surface area contributed by atoms with Crippen LogP contribution in [0.15, 0.2) is 27.2 Å². The third-order valence-electron chi connectivity index (χ3n) is 2.35. The molecular formula is C12H13BrClN3O. The van der Waals surface area contributed by atoms with Crippen LogP contribution in [0.1, 0.15) is 19.2 Å². The van der Waals surface area contributed by atoms with Crippen molar-refractivity contribution in [1.29, 1.82) is 0 Å². The highest BCUT2D eigenvalue weighted by Crippen LogP contribution is 2.27. The van der Waals surface area contributed by atoms with Gasteiger partial charge in [0.25, 0.3) is 0 Å². The number of hydrogen-bond acceptors (Lipinski definition) is 4. The monoisotopic (exact) mass is 329 g/mol. The van der Waals surface area contributed by atoms with E-state index in [0.717, 1.165) is 23.0 Å². The molecule has 0 saturated carbocycles. The highest BCUT2D eigenvalue weighted by Gasteiger charge is 2.09. The second kappa shape index (κ2) is 6.31. The van der Waals surface area contributed by atoms with E-state index >= 15 is 0 Å². The molecule has 1 heterocycles. The number of nitrogens with zero attached hydrogens (tertiary/aromatic N) is 2. The Morgan fingerprint density at radius 3 is 3.00 bits per heavy atom. The molecule has 0 fully saturated rings. The van der Waals surface area contributed by atoms with Crippen molar-refractivity contribution < 1.29 is 4.52 Å². The lowest BCUT2D eigenvalue weighted by molar-refractivity contribution is 0.368. The van der Waals surface area contributed by atoms with Gasteiger partial charge >= 0.3 is 0 Å². The molecule has 0 aliphatic carbocycles. The Balaban J connectivity index is 2.11. The van der Waals surface area contributed by atoms with Crippen LogP contribution in [0.25, 0.3) is 11.4 Å². The molecule has 0 aliphatic rings. The molecule has 96 valence electrons. The minimum absolute atomic E-state index is 0.570. The summed E-state index contributed by atoms with van der Waals surface area (Å²) in [4.78, 5) is 4.32. The van der Waals surface area contributed by atoms with Crippen LogP contribution in [0.3, 0.4) is 0 Å². The highest BCUT2D eigenvalue weighted by molar-refractivity contribution is 9.10. The average molecular weight is 331 g/mol. The van der Waals surface area contributed by atoms with E-state index in [1.54, 1.807) is 6.07 Å². The van der Waals surface area contributed by atoms with Gasteiger partial charge in [-0.2, -0.15) is 4.98 Å². The van der Waals surface area contributed by atoms with E-state index in [4.69, 9.17) is 16.1 Å². The van der Waals surface area contributed by atoms with Crippen LogP contribution >= 0.6 is 27.5 Å². The first-order chi connectivity index (χ1) is 8.70. The topological polar surface area (TPSA) is 51.0 Å². The fourth-order valence-corrected chi connectivity index (χ4v) is 1.95. The molecule has 0 atom stereocenters. The molecule has 2 rings (SSSR count). The molecule has 2 aromatic rings. The Bertz CT molecular complexity index is 530. The van der Waals surface area contributed by atoms with E-state index in [-0.39, 0.29) is 0 Å². The Kier molecular flexibility index (Phi) is 4.74. The molecule has 0 saturated heterocycles. The summed E-state index contributed by atoms with van der Waals surface area (Å²) in [7, 11) is 0. The van der Waals surface area contributed by atoms with Crippen LogP contribution in [0.2, 0.25) is 5.02 Å². The van der Waals surface area contributed by atoms with E-state index in [0.29, 0.717) is 23.3 Å². The molecule has 0 unspecified atom stereocenters. The maximum atomic E-state index is 5.94. The minimum atomic E-state index is 0.570. The molecule has 1 N–H and O–H groups in total. The molecule has 6 heteroatoms.